The van der Waals surface area contributed by atoms with Crippen molar-refractivity contribution in [1.82, 2.24) is 9.55 Å². The summed E-state index contributed by atoms with van der Waals surface area (Å²) in [5.41, 5.74) is 1.10. The standard InChI is InChI=1S/C15H29N3/c1-12(2)8-6-7-9-16-15-17-14(5)11-18(15)10-13(3)4/h11-13H,6-10H2,1-5H3,(H,16,17). The zero-order valence-corrected chi connectivity index (χ0v) is 12.7. The summed E-state index contributed by atoms with van der Waals surface area (Å²) < 4.78 is 2.24. The highest BCUT2D eigenvalue weighted by molar-refractivity contribution is 5.28. The Bertz CT molecular complexity index is 340. The van der Waals surface area contributed by atoms with Gasteiger partial charge in [-0.3, -0.25) is 0 Å². The first-order valence-corrected chi connectivity index (χ1v) is 7.26. The average molecular weight is 251 g/mol. The van der Waals surface area contributed by atoms with Gasteiger partial charge in [0.2, 0.25) is 5.95 Å². The van der Waals surface area contributed by atoms with Gasteiger partial charge in [-0.15, -0.1) is 0 Å². The molecule has 0 saturated carbocycles. The number of hydrogen-bond donors (Lipinski definition) is 1. The predicted octanol–water partition coefficient (Wildman–Crippen LogP) is 4.09. The molecule has 104 valence electrons. The third kappa shape index (κ3) is 5.56. The van der Waals surface area contributed by atoms with Crippen molar-refractivity contribution in [3.05, 3.63) is 11.9 Å². The van der Waals surface area contributed by atoms with Crippen LogP contribution in [0.2, 0.25) is 0 Å². The van der Waals surface area contributed by atoms with E-state index >= 15 is 0 Å². The Balaban J connectivity index is 2.36. The normalized spacial score (nSPS) is 11.5. The lowest BCUT2D eigenvalue weighted by Gasteiger charge is -2.11. The number of imidazole rings is 1. The fourth-order valence-corrected chi connectivity index (χ4v) is 2.10. The maximum atomic E-state index is 4.55. The van der Waals surface area contributed by atoms with Gasteiger partial charge in [0.1, 0.15) is 0 Å². The smallest absolute Gasteiger partial charge is 0.203 e. The van der Waals surface area contributed by atoms with E-state index in [-0.39, 0.29) is 0 Å². The molecule has 0 aliphatic rings. The van der Waals surface area contributed by atoms with E-state index in [1.807, 2.05) is 0 Å². The largest absolute Gasteiger partial charge is 0.356 e. The van der Waals surface area contributed by atoms with Gasteiger partial charge in [-0.25, -0.2) is 4.98 Å². The van der Waals surface area contributed by atoms with Crippen molar-refractivity contribution in [1.29, 1.82) is 0 Å². The molecule has 0 fully saturated rings. The van der Waals surface area contributed by atoms with Crippen molar-refractivity contribution in [3.63, 3.8) is 0 Å². The van der Waals surface area contributed by atoms with E-state index < -0.39 is 0 Å². The van der Waals surface area contributed by atoms with Gasteiger partial charge in [-0.1, -0.05) is 40.5 Å². The fraction of sp³-hybridized carbons (Fsp3) is 0.800. The molecular formula is C15H29N3. The summed E-state index contributed by atoms with van der Waals surface area (Å²) in [5, 5.41) is 3.47. The molecule has 18 heavy (non-hydrogen) atoms. The maximum Gasteiger partial charge on any atom is 0.203 e. The van der Waals surface area contributed by atoms with Gasteiger partial charge in [-0.2, -0.15) is 0 Å². The second kappa shape index (κ2) is 7.45. The van der Waals surface area contributed by atoms with Gasteiger partial charge in [0.15, 0.2) is 0 Å². The molecule has 0 aromatic carbocycles. The molecule has 0 spiro atoms. The van der Waals surface area contributed by atoms with Crippen molar-refractivity contribution >= 4 is 5.95 Å². The summed E-state index contributed by atoms with van der Waals surface area (Å²) in [6.45, 7) is 13.2. The topological polar surface area (TPSA) is 29.9 Å². The summed E-state index contributed by atoms with van der Waals surface area (Å²) in [6.07, 6.45) is 5.98. The fourth-order valence-electron chi connectivity index (χ4n) is 2.10. The van der Waals surface area contributed by atoms with Crippen LogP contribution in [-0.2, 0) is 6.54 Å². The molecule has 0 atom stereocenters. The summed E-state index contributed by atoms with van der Waals surface area (Å²) in [7, 11) is 0. The molecule has 1 N–H and O–H groups in total. The number of nitrogens with zero attached hydrogens (tertiary/aromatic N) is 2. The minimum atomic E-state index is 0.653. The van der Waals surface area contributed by atoms with Crippen LogP contribution in [0.15, 0.2) is 6.20 Å². The molecular weight excluding hydrogens is 222 g/mol. The molecule has 3 nitrogen and oxygen atoms in total. The molecule has 1 rings (SSSR count). The summed E-state index contributed by atoms with van der Waals surface area (Å²) in [5.74, 6) is 2.50. The Hall–Kier alpha value is -0.990. The molecule has 0 radical (unpaired) electrons. The zero-order valence-electron chi connectivity index (χ0n) is 12.7. The first-order chi connectivity index (χ1) is 8.49. The van der Waals surface area contributed by atoms with E-state index in [0.29, 0.717) is 5.92 Å². The molecule has 3 heteroatoms. The Kier molecular flexibility index (Phi) is 6.23. The van der Waals surface area contributed by atoms with Crippen molar-refractivity contribution in [3.8, 4) is 0 Å². The summed E-state index contributed by atoms with van der Waals surface area (Å²) in [4.78, 5) is 4.55. The Morgan fingerprint density at radius 2 is 1.89 bits per heavy atom. The Morgan fingerprint density at radius 1 is 1.17 bits per heavy atom. The number of aromatic nitrogens is 2. The molecule has 1 aromatic heterocycles. The van der Waals surface area contributed by atoms with E-state index in [0.717, 1.165) is 30.6 Å². The van der Waals surface area contributed by atoms with Crippen LogP contribution in [-0.4, -0.2) is 16.1 Å². The summed E-state index contributed by atoms with van der Waals surface area (Å²) >= 11 is 0. The van der Waals surface area contributed by atoms with Gasteiger partial charge in [0, 0.05) is 19.3 Å². The van der Waals surface area contributed by atoms with Crippen molar-refractivity contribution in [2.24, 2.45) is 11.8 Å². The third-order valence-electron chi connectivity index (χ3n) is 2.95. The molecule has 0 saturated heterocycles. The average Bonchev–Trinajstić information content (AvgIpc) is 2.57. The van der Waals surface area contributed by atoms with Gasteiger partial charge >= 0.3 is 0 Å². The van der Waals surface area contributed by atoms with Gasteiger partial charge in [0.25, 0.3) is 0 Å². The van der Waals surface area contributed by atoms with Crippen molar-refractivity contribution in [2.75, 3.05) is 11.9 Å². The monoisotopic (exact) mass is 251 g/mol. The minimum Gasteiger partial charge on any atom is -0.356 e. The van der Waals surface area contributed by atoms with Crippen LogP contribution in [0.4, 0.5) is 5.95 Å². The molecule has 0 aliphatic heterocycles. The van der Waals surface area contributed by atoms with Crippen LogP contribution in [0, 0.1) is 18.8 Å². The highest BCUT2D eigenvalue weighted by Gasteiger charge is 2.06. The Morgan fingerprint density at radius 3 is 2.50 bits per heavy atom. The van der Waals surface area contributed by atoms with E-state index in [1.54, 1.807) is 0 Å². The molecule has 0 unspecified atom stereocenters. The zero-order chi connectivity index (χ0) is 13.5. The van der Waals surface area contributed by atoms with E-state index in [9.17, 15) is 0 Å². The predicted molar refractivity (Wildman–Crippen MR) is 79.0 cm³/mol. The van der Waals surface area contributed by atoms with Crippen molar-refractivity contribution in [2.45, 2.75) is 60.4 Å². The molecule has 1 heterocycles. The molecule has 0 amide bonds. The maximum absolute atomic E-state index is 4.55. The number of nitrogens with one attached hydrogen (secondary N) is 1. The second-order valence-electron chi connectivity index (χ2n) is 6.07. The van der Waals surface area contributed by atoms with Crippen LogP contribution in [0.25, 0.3) is 0 Å². The lowest BCUT2D eigenvalue weighted by atomic mass is 10.1. The van der Waals surface area contributed by atoms with E-state index in [4.69, 9.17) is 0 Å². The van der Waals surface area contributed by atoms with E-state index in [1.165, 1.54) is 19.3 Å². The third-order valence-corrected chi connectivity index (χ3v) is 2.95. The van der Waals surface area contributed by atoms with Crippen LogP contribution in [0.1, 0.15) is 52.7 Å². The molecule has 0 aliphatic carbocycles. The lowest BCUT2D eigenvalue weighted by Crippen LogP contribution is -2.11. The highest BCUT2D eigenvalue weighted by atomic mass is 15.2. The minimum absolute atomic E-state index is 0.653. The SMILES string of the molecule is Cc1cn(CC(C)C)c(NCCCCC(C)C)n1. The van der Waals surface area contributed by atoms with Crippen LogP contribution in [0.3, 0.4) is 0 Å². The van der Waals surface area contributed by atoms with Gasteiger partial charge < -0.3 is 9.88 Å². The van der Waals surface area contributed by atoms with Crippen LogP contribution < -0.4 is 5.32 Å². The first-order valence-electron chi connectivity index (χ1n) is 7.26. The van der Waals surface area contributed by atoms with Crippen LogP contribution >= 0.6 is 0 Å². The number of rotatable bonds is 8. The van der Waals surface area contributed by atoms with Gasteiger partial charge in [0.05, 0.1) is 5.69 Å². The molecule has 0 bridgehead atoms. The van der Waals surface area contributed by atoms with E-state index in [2.05, 4.69) is 55.7 Å². The number of anilines is 1. The summed E-state index contributed by atoms with van der Waals surface area (Å²) in [6, 6.07) is 0. The number of hydrogen-bond acceptors (Lipinski definition) is 2. The number of unbranched alkanes of at least 4 members (excludes halogenated alkanes) is 1. The lowest BCUT2D eigenvalue weighted by molar-refractivity contribution is 0.523. The highest BCUT2D eigenvalue weighted by Crippen LogP contribution is 2.12. The van der Waals surface area contributed by atoms with Crippen molar-refractivity contribution < 1.29 is 0 Å². The number of aryl methyl sites for hydroxylation is 1. The second-order valence-corrected chi connectivity index (χ2v) is 6.07. The molecule has 1 aromatic rings. The quantitative estimate of drug-likeness (QED) is 0.705. The van der Waals surface area contributed by atoms with Gasteiger partial charge in [-0.05, 0) is 25.2 Å². The van der Waals surface area contributed by atoms with Crippen LogP contribution in [0.5, 0.6) is 0 Å². The Labute approximate surface area is 112 Å². The first kappa shape index (κ1) is 15.1.